The summed E-state index contributed by atoms with van der Waals surface area (Å²) in [6.07, 6.45) is 1.96. The van der Waals surface area contributed by atoms with Crippen molar-refractivity contribution < 1.29 is 22.7 Å². The summed E-state index contributed by atoms with van der Waals surface area (Å²) in [4.78, 5) is 11.9. The monoisotopic (exact) mass is 458 g/mol. The molecule has 1 saturated heterocycles. The number of sulfonamides is 1. The van der Waals surface area contributed by atoms with Crippen LogP contribution in [0.25, 0.3) is 0 Å². The van der Waals surface area contributed by atoms with Gasteiger partial charge in [-0.3, -0.25) is 9.52 Å². The van der Waals surface area contributed by atoms with Crippen molar-refractivity contribution >= 4 is 44.8 Å². The maximum atomic E-state index is 12.5. The second-order valence-corrected chi connectivity index (χ2v) is 8.96. The third-order valence-corrected chi connectivity index (χ3v) is 6.15. The van der Waals surface area contributed by atoms with Gasteiger partial charge in [-0.15, -0.1) is 0 Å². The van der Waals surface area contributed by atoms with Crippen LogP contribution in [0.5, 0.6) is 5.75 Å². The summed E-state index contributed by atoms with van der Waals surface area (Å²) < 4.78 is 38.3. The van der Waals surface area contributed by atoms with Crippen LogP contribution in [-0.4, -0.2) is 40.2 Å². The van der Waals surface area contributed by atoms with E-state index in [4.69, 9.17) is 32.7 Å². The molecule has 1 aliphatic heterocycles. The van der Waals surface area contributed by atoms with Crippen LogP contribution in [0.15, 0.2) is 47.4 Å². The molecule has 1 aliphatic rings. The van der Waals surface area contributed by atoms with Gasteiger partial charge in [-0.2, -0.15) is 0 Å². The van der Waals surface area contributed by atoms with E-state index < -0.39 is 10.0 Å². The van der Waals surface area contributed by atoms with Crippen LogP contribution in [0.4, 0.5) is 5.69 Å². The zero-order valence-corrected chi connectivity index (χ0v) is 17.7. The summed E-state index contributed by atoms with van der Waals surface area (Å²) in [6.45, 7) is 0.916. The molecule has 10 heteroatoms. The molecule has 1 amide bonds. The van der Waals surface area contributed by atoms with Gasteiger partial charge >= 0.3 is 0 Å². The Morgan fingerprint density at radius 1 is 1.17 bits per heavy atom. The summed E-state index contributed by atoms with van der Waals surface area (Å²) in [5, 5.41) is 3.31. The quantitative estimate of drug-likeness (QED) is 0.631. The van der Waals surface area contributed by atoms with Gasteiger partial charge in [-0.25, -0.2) is 8.42 Å². The van der Waals surface area contributed by atoms with E-state index in [1.54, 1.807) is 24.3 Å². The molecule has 7 nitrogen and oxygen atoms in total. The number of hydrogen-bond donors (Lipinski definition) is 2. The smallest absolute Gasteiger partial charge is 0.261 e. The Balaban J connectivity index is 1.57. The molecule has 2 aromatic rings. The van der Waals surface area contributed by atoms with Gasteiger partial charge in [0.1, 0.15) is 5.75 Å². The van der Waals surface area contributed by atoms with Crippen LogP contribution in [0, 0.1) is 0 Å². The van der Waals surface area contributed by atoms with Crippen molar-refractivity contribution in [1.82, 2.24) is 5.32 Å². The fraction of sp³-hybridized carbons (Fsp3) is 0.316. The van der Waals surface area contributed by atoms with E-state index in [-0.39, 0.29) is 34.3 Å². The fourth-order valence-corrected chi connectivity index (χ4v) is 4.24. The predicted octanol–water partition coefficient (Wildman–Crippen LogP) is 3.47. The molecule has 2 aromatic carbocycles. The minimum Gasteiger partial charge on any atom is -0.482 e. The lowest BCUT2D eigenvalue weighted by atomic mass is 10.2. The first-order chi connectivity index (χ1) is 13.8. The molecule has 29 heavy (non-hydrogen) atoms. The molecule has 1 atom stereocenters. The first-order valence-corrected chi connectivity index (χ1v) is 11.2. The van der Waals surface area contributed by atoms with E-state index in [1.165, 1.54) is 18.2 Å². The highest BCUT2D eigenvalue weighted by Gasteiger charge is 2.18. The van der Waals surface area contributed by atoms with Crippen LogP contribution >= 0.6 is 23.2 Å². The molecule has 0 aliphatic carbocycles. The third kappa shape index (κ3) is 6.24. The molecule has 1 fully saturated rings. The molecular formula is C19H20Cl2N2O5S. The van der Waals surface area contributed by atoms with Crippen LogP contribution in [0.1, 0.15) is 12.8 Å². The Labute approximate surface area is 179 Å². The lowest BCUT2D eigenvalue weighted by molar-refractivity contribution is -0.123. The Bertz CT molecular complexity index is 961. The molecule has 2 N–H and O–H groups in total. The van der Waals surface area contributed by atoms with Crippen LogP contribution in [0.3, 0.4) is 0 Å². The number of nitrogens with one attached hydrogen (secondary N) is 2. The zero-order valence-electron chi connectivity index (χ0n) is 15.4. The number of carbonyl (C=O) groups is 1. The van der Waals surface area contributed by atoms with Gasteiger partial charge in [-0.05, 0) is 55.3 Å². The Kier molecular flexibility index (Phi) is 7.23. The number of benzene rings is 2. The van der Waals surface area contributed by atoms with Gasteiger partial charge in [0, 0.05) is 23.9 Å². The Morgan fingerprint density at radius 3 is 2.59 bits per heavy atom. The van der Waals surface area contributed by atoms with Crippen molar-refractivity contribution in [3.05, 3.63) is 52.5 Å². The molecule has 1 heterocycles. The van der Waals surface area contributed by atoms with Gasteiger partial charge in [0.2, 0.25) is 0 Å². The van der Waals surface area contributed by atoms with Gasteiger partial charge in [0.05, 0.1) is 16.0 Å². The van der Waals surface area contributed by atoms with Gasteiger partial charge in [-0.1, -0.05) is 23.2 Å². The van der Waals surface area contributed by atoms with Crippen molar-refractivity contribution in [3.8, 4) is 5.75 Å². The number of carbonyl (C=O) groups excluding carboxylic acids is 1. The number of anilines is 1. The number of amides is 1. The van der Waals surface area contributed by atoms with Crippen molar-refractivity contribution in [3.63, 3.8) is 0 Å². The second-order valence-electron chi connectivity index (χ2n) is 6.43. The highest BCUT2D eigenvalue weighted by atomic mass is 35.5. The average molecular weight is 459 g/mol. The van der Waals surface area contributed by atoms with Crippen molar-refractivity contribution in [1.29, 1.82) is 0 Å². The highest BCUT2D eigenvalue weighted by molar-refractivity contribution is 7.92. The summed E-state index contributed by atoms with van der Waals surface area (Å²) in [7, 11) is -3.84. The molecule has 0 radical (unpaired) electrons. The molecule has 0 spiro atoms. The molecule has 0 saturated carbocycles. The van der Waals surface area contributed by atoms with E-state index in [9.17, 15) is 13.2 Å². The maximum Gasteiger partial charge on any atom is 0.261 e. The summed E-state index contributed by atoms with van der Waals surface area (Å²) in [5.74, 6) is -0.0953. The summed E-state index contributed by atoms with van der Waals surface area (Å²) in [6, 6.07) is 10.3. The van der Waals surface area contributed by atoms with Crippen molar-refractivity contribution in [2.24, 2.45) is 0 Å². The predicted molar refractivity (Wildman–Crippen MR) is 111 cm³/mol. The normalized spacial score (nSPS) is 16.4. The fourth-order valence-electron chi connectivity index (χ4n) is 2.73. The molecule has 156 valence electrons. The largest absolute Gasteiger partial charge is 0.482 e. The molecule has 0 aromatic heterocycles. The first-order valence-electron chi connectivity index (χ1n) is 8.92. The lowest BCUT2D eigenvalue weighted by Gasteiger charge is -2.13. The minimum atomic E-state index is -3.84. The second kappa shape index (κ2) is 9.67. The standard InChI is InChI=1S/C19H20Cl2N2O5S/c20-13-3-5-14(6-4-13)23-29(25,26)16-7-8-18(17(21)10-16)28-12-19(24)22-11-15-2-1-9-27-15/h3-8,10,15,23H,1-2,9,11-12H2,(H,22,24)/t15-/m0/s1. The first kappa shape index (κ1) is 21.7. The van der Waals surface area contributed by atoms with Crippen molar-refractivity contribution in [2.45, 2.75) is 23.8 Å². The number of halogens is 2. The van der Waals surface area contributed by atoms with E-state index in [0.717, 1.165) is 19.4 Å². The van der Waals surface area contributed by atoms with Gasteiger partial charge in [0.15, 0.2) is 6.61 Å². The number of rotatable bonds is 8. The minimum absolute atomic E-state index is 0.0346. The Morgan fingerprint density at radius 2 is 1.93 bits per heavy atom. The molecule has 0 bridgehead atoms. The third-order valence-electron chi connectivity index (χ3n) is 4.22. The number of hydrogen-bond acceptors (Lipinski definition) is 5. The molecule has 0 unspecified atom stereocenters. The van der Waals surface area contributed by atoms with Crippen LogP contribution < -0.4 is 14.8 Å². The highest BCUT2D eigenvalue weighted by Crippen LogP contribution is 2.28. The Hall–Kier alpha value is -2.00. The van der Waals surface area contributed by atoms with Gasteiger partial charge < -0.3 is 14.8 Å². The topological polar surface area (TPSA) is 93.7 Å². The molecule has 3 rings (SSSR count). The average Bonchev–Trinajstić information content (AvgIpc) is 3.20. The lowest BCUT2D eigenvalue weighted by Crippen LogP contribution is -2.35. The van der Waals surface area contributed by atoms with E-state index >= 15 is 0 Å². The van der Waals surface area contributed by atoms with Crippen LogP contribution in [0.2, 0.25) is 10.0 Å². The van der Waals surface area contributed by atoms with E-state index in [1.807, 2.05) is 0 Å². The van der Waals surface area contributed by atoms with E-state index in [0.29, 0.717) is 17.3 Å². The molecular weight excluding hydrogens is 439 g/mol. The number of ether oxygens (including phenoxy) is 2. The zero-order chi connectivity index (χ0) is 20.9. The van der Waals surface area contributed by atoms with E-state index in [2.05, 4.69) is 10.0 Å². The summed E-state index contributed by atoms with van der Waals surface area (Å²) in [5.41, 5.74) is 0.369. The van der Waals surface area contributed by atoms with Crippen molar-refractivity contribution in [2.75, 3.05) is 24.5 Å². The van der Waals surface area contributed by atoms with Crippen LogP contribution in [-0.2, 0) is 19.6 Å². The van der Waals surface area contributed by atoms with Gasteiger partial charge in [0.25, 0.3) is 15.9 Å². The summed E-state index contributed by atoms with van der Waals surface area (Å²) >= 11 is 11.9. The maximum absolute atomic E-state index is 12.5. The SMILES string of the molecule is O=C(COc1ccc(S(=O)(=O)Nc2ccc(Cl)cc2)cc1Cl)NC[C@@H]1CCCO1.